The summed E-state index contributed by atoms with van der Waals surface area (Å²) in [7, 11) is 0. The van der Waals surface area contributed by atoms with Crippen molar-refractivity contribution in [3.05, 3.63) is 35.6 Å². The monoisotopic (exact) mass is 197 g/mol. The highest BCUT2D eigenvalue weighted by atomic mass is 19.1. The van der Waals surface area contributed by atoms with Gasteiger partial charge in [0, 0.05) is 6.54 Å². The normalized spacial score (nSPS) is 10.9. The molecule has 0 saturated carbocycles. The van der Waals surface area contributed by atoms with Crippen molar-refractivity contribution in [1.29, 1.82) is 0 Å². The van der Waals surface area contributed by atoms with Gasteiger partial charge in [-0.05, 0) is 23.6 Å². The minimum atomic E-state index is -0.211. The second-order valence-corrected chi connectivity index (χ2v) is 3.65. The molecule has 0 fully saturated rings. The Morgan fingerprint density at radius 1 is 1.29 bits per heavy atom. The predicted molar refractivity (Wildman–Crippen MR) is 54.0 cm³/mol. The third-order valence-electron chi connectivity index (χ3n) is 1.71. The van der Waals surface area contributed by atoms with E-state index in [4.69, 9.17) is 4.84 Å². The van der Waals surface area contributed by atoms with Crippen LogP contribution in [0.15, 0.2) is 24.3 Å². The minimum Gasteiger partial charge on any atom is -0.301 e. The van der Waals surface area contributed by atoms with Crippen LogP contribution in [0.1, 0.15) is 19.4 Å². The first-order valence-electron chi connectivity index (χ1n) is 4.77. The van der Waals surface area contributed by atoms with E-state index in [1.165, 1.54) is 12.1 Å². The lowest BCUT2D eigenvalue weighted by molar-refractivity contribution is 0.0196. The number of halogens is 1. The zero-order valence-electron chi connectivity index (χ0n) is 8.59. The van der Waals surface area contributed by atoms with E-state index in [0.717, 1.165) is 5.56 Å². The van der Waals surface area contributed by atoms with Crippen molar-refractivity contribution in [1.82, 2.24) is 5.48 Å². The molecule has 0 heterocycles. The molecular weight excluding hydrogens is 181 g/mol. The number of hydroxylamine groups is 1. The van der Waals surface area contributed by atoms with E-state index in [-0.39, 0.29) is 5.82 Å². The first-order valence-corrected chi connectivity index (χ1v) is 4.77. The van der Waals surface area contributed by atoms with Gasteiger partial charge < -0.3 is 4.84 Å². The van der Waals surface area contributed by atoms with Crippen LogP contribution in [0.25, 0.3) is 0 Å². The van der Waals surface area contributed by atoms with Gasteiger partial charge >= 0.3 is 0 Å². The van der Waals surface area contributed by atoms with E-state index in [9.17, 15) is 4.39 Å². The number of hydrogen-bond acceptors (Lipinski definition) is 2. The fourth-order valence-corrected chi connectivity index (χ4v) is 0.962. The molecule has 1 aromatic carbocycles. The Balaban J connectivity index is 2.21. The van der Waals surface area contributed by atoms with E-state index >= 15 is 0 Å². The van der Waals surface area contributed by atoms with Crippen molar-refractivity contribution >= 4 is 0 Å². The summed E-state index contributed by atoms with van der Waals surface area (Å²) >= 11 is 0. The SMILES string of the molecule is CC(C)CONCc1ccc(F)cc1. The van der Waals surface area contributed by atoms with E-state index < -0.39 is 0 Å². The van der Waals surface area contributed by atoms with Crippen LogP contribution >= 0.6 is 0 Å². The molecule has 14 heavy (non-hydrogen) atoms. The Hall–Kier alpha value is -0.930. The Bertz CT molecular complexity index is 258. The van der Waals surface area contributed by atoms with Crippen LogP contribution in [-0.4, -0.2) is 6.61 Å². The Morgan fingerprint density at radius 2 is 1.93 bits per heavy atom. The molecule has 0 saturated heterocycles. The predicted octanol–water partition coefficient (Wildman–Crippen LogP) is 2.50. The maximum Gasteiger partial charge on any atom is 0.123 e. The maximum absolute atomic E-state index is 12.5. The van der Waals surface area contributed by atoms with Crippen LogP contribution in [0.4, 0.5) is 4.39 Å². The number of hydrogen-bond donors (Lipinski definition) is 1. The number of benzene rings is 1. The molecule has 0 atom stereocenters. The topological polar surface area (TPSA) is 21.3 Å². The second-order valence-electron chi connectivity index (χ2n) is 3.65. The maximum atomic E-state index is 12.5. The van der Waals surface area contributed by atoms with Gasteiger partial charge in [0.1, 0.15) is 5.82 Å². The third-order valence-corrected chi connectivity index (χ3v) is 1.71. The van der Waals surface area contributed by atoms with Gasteiger partial charge in [0.05, 0.1) is 6.61 Å². The summed E-state index contributed by atoms with van der Waals surface area (Å²) in [6.07, 6.45) is 0. The summed E-state index contributed by atoms with van der Waals surface area (Å²) in [4.78, 5) is 5.19. The average molecular weight is 197 g/mol. The molecule has 0 aliphatic carbocycles. The fraction of sp³-hybridized carbons (Fsp3) is 0.455. The van der Waals surface area contributed by atoms with Crippen LogP contribution in [0, 0.1) is 11.7 Å². The van der Waals surface area contributed by atoms with Crippen LogP contribution in [0.5, 0.6) is 0 Å². The molecule has 0 aliphatic rings. The van der Waals surface area contributed by atoms with E-state index in [1.54, 1.807) is 12.1 Å². The van der Waals surface area contributed by atoms with Gasteiger partial charge in [-0.15, -0.1) is 0 Å². The lowest BCUT2D eigenvalue weighted by Gasteiger charge is -2.07. The van der Waals surface area contributed by atoms with Crippen molar-refractivity contribution in [3.8, 4) is 0 Å². The Labute approximate surface area is 84.0 Å². The first kappa shape index (κ1) is 11.1. The quantitative estimate of drug-likeness (QED) is 0.578. The summed E-state index contributed by atoms with van der Waals surface area (Å²) in [5.41, 5.74) is 3.84. The highest BCUT2D eigenvalue weighted by Gasteiger charge is 1.95. The highest BCUT2D eigenvalue weighted by Crippen LogP contribution is 2.02. The van der Waals surface area contributed by atoms with Gasteiger partial charge in [0.2, 0.25) is 0 Å². The molecule has 78 valence electrons. The van der Waals surface area contributed by atoms with E-state index in [0.29, 0.717) is 19.1 Å². The molecule has 0 unspecified atom stereocenters. The molecule has 0 spiro atoms. The molecule has 0 aliphatic heterocycles. The van der Waals surface area contributed by atoms with Crippen molar-refractivity contribution in [2.45, 2.75) is 20.4 Å². The third kappa shape index (κ3) is 4.35. The Kier molecular flexibility index (Phi) is 4.56. The summed E-state index contributed by atoms with van der Waals surface area (Å²) in [5.74, 6) is 0.299. The lowest BCUT2D eigenvalue weighted by Crippen LogP contribution is -2.17. The smallest absolute Gasteiger partial charge is 0.123 e. The molecule has 1 rings (SSSR count). The van der Waals surface area contributed by atoms with Gasteiger partial charge in [-0.2, -0.15) is 5.48 Å². The van der Waals surface area contributed by atoms with Crippen LogP contribution in [0.2, 0.25) is 0 Å². The lowest BCUT2D eigenvalue weighted by atomic mass is 10.2. The molecule has 0 radical (unpaired) electrons. The molecular formula is C11H16FNO. The molecule has 1 N–H and O–H groups in total. The van der Waals surface area contributed by atoms with E-state index in [2.05, 4.69) is 19.3 Å². The van der Waals surface area contributed by atoms with Crippen molar-refractivity contribution in [2.24, 2.45) is 5.92 Å². The van der Waals surface area contributed by atoms with Crippen LogP contribution in [0.3, 0.4) is 0 Å². The van der Waals surface area contributed by atoms with Crippen LogP contribution < -0.4 is 5.48 Å². The Morgan fingerprint density at radius 3 is 2.50 bits per heavy atom. The van der Waals surface area contributed by atoms with Gasteiger partial charge in [0.15, 0.2) is 0 Å². The van der Waals surface area contributed by atoms with Gasteiger partial charge in [-0.3, -0.25) is 0 Å². The standard InChI is InChI=1S/C11H16FNO/c1-9(2)8-14-13-7-10-3-5-11(12)6-4-10/h3-6,9,13H,7-8H2,1-2H3. The minimum absolute atomic E-state index is 0.211. The summed E-state index contributed by atoms with van der Waals surface area (Å²) in [5, 5.41) is 0. The highest BCUT2D eigenvalue weighted by molar-refractivity contribution is 5.15. The number of nitrogens with one attached hydrogen (secondary N) is 1. The summed E-state index contributed by atoms with van der Waals surface area (Å²) < 4.78 is 12.5. The van der Waals surface area contributed by atoms with Crippen molar-refractivity contribution < 1.29 is 9.23 Å². The molecule has 0 aromatic heterocycles. The molecule has 0 bridgehead atoms. The average Bonchev–Trinajstić information content (AvgIpc) is 2.15. The number of rotatable bonds is 5. The fourth-order valence-electron chi connectivity index (χ4n) is 0.962. The van der Waals surface area contributed by atoms with Crippen molar-refractivity contribution in [2.75, 3.05) is 6.61 Å². The second kappa shape index (κ2) is 5.73. The molecule has 1 aromatic rings. The van der Waals surface area contributed by atoms with Gasteiger partial charge in [-0.1, -0.05) is 26.0 Å². The van der Waals surface area contributed by atoms with Gasteiger partial charge in [0.25, 0.3) is 0 Å². The van der Waals surface area contributed by atoms with Crippen molar-refractivity contribution in [3.63, 3.8) is 0 Å². The zero-order valence-corrected chi connectivity index (χ0v) is 8.59. The largest absolute Gasteiger partial charge is 0.301 e. The van der Waals surface area contributed by atoms with Gasteiger partial charge in [-0.25, -0.2) is 4.39 Å². The summed E-state index contributed by atoms with van der Waals surface area (Å²) in [6.45, 7) is 5.45. The van der Waals surface area contributed by atoms with E-state index in [1.807, 2.05) is 0 Å². The molecule has 2 nitrogen and oxygen atoms in total. The first-order chi connectivity index (χ1) is 6.68. The molecule has 3 heteroatoms. The molecule has 0 amide bonds. The van der Waals surface area contributed by atoms with Crippen LogP contribution in [-0.2, 0) is 11.4 Å². The summed E-state index contributed by atoms with van der Waals surface area (Å²) in [6, 6.07) is 6.36. The zero-order chi connectivity index (χ0) is 10.4.